The molecular weight excluding hydrogens is 388 g/mol. The summed E-state index contributed by atoms with van der Waals surface area (Å²) < 4.78 is 6.38. The molecule has 0 N–H and O–H groups in total. The Balaban J connectivity index is 1.46. The van der Waals surface area contributed by atoms with Crippen LogP contribution in [0, 0.1) is 11.8 Å². The molecule has 4 aliphatic rings. The van der Waals surface area contributed by atoms with Crippen LogP contribution in [0.3, 0.4) is 0 Å². The van der Waals surface area contributed by atoms with Crippen LogP contribution in [0.2, 0.25) is 0 Å². The molecule has 4 saturated heterocycles. The molecule has 0 aliphatic carbocycles. The number of carbonyl (C=O) groups excluding carboxylic acids is 1. The number of likely N-dealkylation sites (N-methyl/N-ethyl adjacent to an activating group) is 1. The molecule has 5 atom stereocenters. The largest absolute Gasteiger partial charge is 0.440 e. The number of para-hydroxylation sites is 1. The van der Waals surface area contributed by atoms with Gasteiger partial charge in [0.15, 0.2) is 0 Å². The summed E-state index contributed by atoms with van der Waals surface area (Å²) in [6.07, 6.45) is 5.03. The first-order valence-corrected chi connectivity index (χ1v) is 11.9. The molecule has 31 heavy (non-hydrogen) atoms. The summed E-state index contributed by atoms with van der Waals surface area (Å²) >= 11 is 0. The van der Waals surface area contributed by atoms with Crippen molar-refractivity contribution in [3.8, 4) is 0 Å². The van der Waals surface area contributed by atoms with E-state index < -0.39 is 0 Å². The van der Waals surface area contributed by atoms with Gasteiger partial charge in [-0.2, -0.15) is 0 Å². The molecule has 0 saturated carbocycles. The number of ether oxygens (including phenoxy) is 1. The van der Waals surface area contributed by atoms with Gasteiger partial charge < -0.3 is 14.5 Å². The van der Waals surface area contributed by atoms with Gasteiger partial charge in [0, 0.05) is 49.9 Å². The maximum Gasteiger partial charge on any atom is 0.410 e. The van der Waals surface area contributed by atoms with E-state index in [-0.39, 0.29) is 18.2 Å². The van der Waals surface area contributed by atoms with Gasteiger partial charge in [-0.25, -0.2) is 4.79 Å². The van der Waals surface area contributed by atoms with Gasteiger partial charge in [0.1, 0.15) is 6.10 Å². The fraction of sp³-hybridized carbons (Fsp3) is 0.600. The number of rotatable bonds is 4. The van der Waals surface area contributed by atoms with Crippen molar-refractivity contribution in [1.29, 1.82) is 0 Å². The fourth-order valence-corrected chi connectivity index (χ4v) is 5.84. The number of aromatic nitrogens is 1. The maximum atomic E-state index is 13.2. The molecule has 5 heterocycles. The van der Waals surface area contributed by atoms with Crippen LogP contribution in [-0.2, 0) is 4.74 Å². The van der Waals surface area contributed by atoms with E-state index in [4.69, 9.17) is 4.74 Å². The molecule has 1 unspecified atom stereocenters. The van der Waals surface area contributed by atoms with Crippen molar-refractivity contribution in [2.24, 2.45) is 11.8 Å². The van der Waals surface area contributed by atoms with Crippen LogP contribution in [0.25, 0.3) is 10.9 Å². The molecule has 4 fully saturated rings. The Kier molecular flexibility index (Phi) is 5.85. The number of piperidine rings is 3. The number of carbonyl (C=O) groups is 1. The predicted octanol–water partition coefficient (Wildman–Crippen LogP) is 3.78. The topological polar surface area (TPSA) is 48.9 Å². The summed E-state index contributed by atoms with van der Waals surface area (Å²) in [4.78, 5) is 24.5. The number of piperazine rings is 1. The second-order valence-corrected chi connectivity index (χ2v) is 9.53. The van der Waals surface area contributed by atoms with E-state index in [0.29, 0.717) is 0 Å². The first kappa shape index (κ1) is 20.7. The van der Waals surface area contributed by atoms with Crippen LogP contribution < -0.4 is 0 Å². The van der Waals surface area contributed by atoms with Gasteiger partial charge in [-0.3, -0.25) is 9.88 Å². The van der Waals surface area contributed by atoms with E-state index in [9.17, 15) is 4.79 Å². The molecule has 0 spiro atoms. The average molecular weight is 423 g/mol. The highest BCUT2D eigenvalue weighted by atomic mass is 16.6. The van der Waals surface area contributed by atoms with Crippen molar-refractivity contribution in [1.82, 2.24) is 19.7 Å². The quantitative estimate of drug-likeness (QED) is 0.751. The van der Waals surface area contributed by atoms with Crippen LogP contribution in [0.15, 0.2) is 36.5 Å². The van der Waals surface area contributed by atoms with Crippen LogP contribution >= 0.6 is 0 Å². The molecule has 166 valence electrons. The van der Waals surface area contributed by atoms with Gasteiger partial charge >= 0.3 is 6.09 Å². The number of hydrogen-bond donors (Lipinski definition) is 0. The van der Waals surface area contributed by atoms with E-state index in [1.807, 2.05) is 29.3 Å². The number of fused-ring (bicyclic) bond motifs is 4. The SMILES string of the molecule is CC[C@H]1CN2CC[C@@H]1C[C@H]2[C@H](OC(=O)N1CCN(C)CC1)c1ccnc2ccccc12. The molecule has 4 aliphatic heterocycles. The molecule has 2 aromatic rings. The number of hydrogen-bond acceptors (Lipinski definition) is 5. The Morgan fingerprint density at radius 3 is 2.71 bits per heavy atom. The average Bonchev–Trinajstić information content (AvgIpc) is 2.82. The normalized spacial score (nSPS) is 29.8. The number of amides is 1. The molecule has 1 amide bonds. The van der Waals surface area contributed by atoms with E-state index in [2.05, 4.69) is 40.9 Å². The Morgan fingerprint density at radius 1 is 1.16 bits per heavy atom. The summed E-state index contributed by atoms with van der Waals surface area (Å²) in [5, 5.41) is 1.09. The fourth-order valence-electron chi connectivity index (χ4n) is 5.84. The summed E-state index contributed by atoms with van der Waals surface area (Å²) in [6, 6.07) is 10.5. The Bertz CT molecular complexity index is 921. The van der Waals surface area contributed by atoms with Crippen molar-refractivity contribution in [3.63, 3.8) is 0 Å². The lowest BCUT2D eigenvalue weighted by Crippen LogP contribution is -2.56. The third-order valence-electron chi connectivity index (χ3n) is 7.79. The van der Waals surface area contributed by atoms with Crippen molar-refractivity contribution >= 4 is 17.0 Å². The van der Waals surface area contributed by atoms with Crippen LogP contribution in [-0.4, -0.2) is 78.1 Å². The molecular formula is C25H34N4O2. The summed E-state index contributed by atoms with van der Waals surface area (Å²) in [6.45, 7) is 7.79. The molecule has 6 rings (SSSR count). The predicted molar refractivity (Wildman–Crippen MR) is 122 cm³/mol. The zero-order valence-electron chi connectivity index (χ0n) is 18.7. The molecule has 0 radical (unpaired) electrons. The highest BCUT2D eigenvalue weighted by Crippen LogP contribution is 2.44. The minimum Gasteiger partial charge on any atom is -0.440 e. The van der Waals surface area contributed by atoms with Gasteiger partial charge in [-0.05, 0) is 50.4 Å². The molecule has 2 bridgehead atoms. The summed E-state index contributed by atoms with van der Waals surface area (Å²) in [7, 11) is 2.10. The second kappa shape index (κ2) is 8.75. The number of nitrogens with zero attached hydrogens (tertiary/aromatic N) is 4. The molecule has 1 aromatic heterocycles. The number of benzene rings is 1. The summed E-state index contributed by atoms with van der Waals surface area (Å²) in [5.74, 6) is 1.51. The zero-order valence-corrected chi connectivity index (χ0v) is 18.7. The van der Waals surface area contributed by atoms with Gasteiger partial charge in [0.05, 0.1) is 11.6 Å². The highest BCUT2D eigenvalue weighted by molar-refractivity contribution is 5.82. The molecule has 1 aromatic carbocycles. The third kappa shape index (κ3) is 4.03. The molecule has 6 nitrogen and oxygen atoms in total. The van der Waals surface area contributed by atoms with Crippen molar-refractivity contribution in [2.75, 3.05) is 46.3 Å². The van der Waals surface area contributed by atoms with Gasteiger partial charge in [-0.1, -0.05) is 31.5 Å². The second-order valence-electron chi connectivity index (χ2n) is 9.53. The lowest BCUT2D eigenvalue weighted by atomic mass is 9.72. The monoisotopic (exact) mass is 422 g/mol. The lowest BCUT2D eigenvalue weighted by molar-refractivity contribution is -0.0669. The first-order valence-electron chi connectivity index (χ1n) is 11.9. The Labute approximate surface area is 185 Å². The lowest BCUT2D eigenvalue weighted by Gasteiger charge is -2.52. The Morgan fingerprint density at radius 2 is 1.97 bits per heavy atom. The smallest absolute Gasteiger partial charge is 0.410 e. The van der Waals surface area contributed by atoms with E-state index in [0.717, 1.165) is 74.0 Å². The van der Waals surface area contributed by atoms with Crippen LogP contribution in [0.1, 0.15) is 37.9 Å². The third-order valence-corrected chi connectivity index (χ3v) is 7.79. The van der Waals surface area contributed by atoms with E-state index in [1.54, 1.807) is 0 Å². The van der Waals surface area contributed by atoms with Gasteiger partial charge in [0.2, 0.25) is 0 Å². The standard InChI is InChI=1S/C25H34N4O2/c1-3-18-17-29-11-9-19(18)16-23(29)24(31-25(30)28-14-12-27(2)13-15-28)21-8-10-26-22-7-5-4-6-20(21)22/h4-8,10,18-19,23-24H,3,9,11-17H2,1-2H3/t18-,19+,23-,24+/m0/s1. The first-order chi connectivity index (χ1) is 15.1. The van der Waals surface area contributed by atoms with Crippen LogP contribution in [0.4, 0.5) is 4.79 Å². The van der Waals surface area contributed by atoms with Crippen molar-refractivity contribution in [3.05, 3.63) is 42.1 Å². The minimum atomic E-state index is -0.263. The zero-order chi connectivity index (χ0) is 21.4. The van der Waals surface area contributed by atoms with E-state index in [1.165, 1.54) is 12.8 Å². The summed E-state index contributed by atoms with van der Waals surface area (Å²) in [5.41, 5.74) is 2.06. The Hall–Kier alpha value is -2.18. The minimum absolute atomic E-state index is 0.173. The number of pyridine rings is 1. The van der Waals surface area contributed by atoms with Gasteiger partial charge in [-0.15, -0.1) is 0 Å². The van der Waals surface area contributed by atoms with E-state index >= 15 is 0 Å². The van der Waals surface area contributed by atoms with Crippen molar-refractivity contribution < 1.29 is 9.53 Å². The molecule has 6 heteroatoms. The van der Waals surface area contributed by atoms with Gasteiger partial charge in [0.25, 0.3) is 0 Å². The maximum absolute atomic E-state index is 13.2. The highest BCUT2D eigenvalue weighted by Gasteiger charge is 2.44. The van der Waals surface area contributed by atoms with Crippen molar-refractivity contribution in [2.45, 2.75) is 38.3 Å². The van der Waals surface area contributed by atoms with Crippen LogP contribution in [0.5, 0.6) is 0 Å².